The largest absolute Gasteiger partial charge is 0.433 e. The number of aliphatic hydroxyl groups is 1. The normalized spacial score (nSPS) is 16.0. The van der Waals surface area contributed by atoms with E-state index in [9.17, 15) is 18.3 Å². The van der Waals surface area contributed by atoms with E-state index in [4.69, 9.17) is 0 Å². The van der Waals surface area contributed by atoms with E-state index in [1.165, 1.54) is 12.1 Å². The van der Waals surface area contributed by atoms with Crippen LogP contribution in [0.25, 0.3) is 11.5 Å². The van der Waals surface area contributed by atoms with Gasteiger partial charge in [-0.3, -0.25) is 0 Å². The number of pyridine rings is 1. The van der Waals surface area contributed by atoms with Gasteiger partial charge in [0.15, 0.2) is 5.82 Å². The van der Waals surface area contributed by atoms with Gasteiger partial charge in [0.2, 0.25) is 11.9 Å². The number of alkyl halides is 3. The van der Waals surface area contributed by atoms with Crippen molar-refractivity contribution in [3.05, 3.63) is 23.9 Å². The lowest BCUT2D eigenvalue weighted by Gasteiger charge is -2.19. The van der Waals surface area contributed by atoms with Gasteiger partial charge >= 0.3 is 6.18 Å². The Morgan fingerprint density at radius 3 is 2.39 bits per heavy atom. The zero-order chi connectivity index (χ0) is 20.5. The summed E-state index contributed by atoms with van der Waals surface area (Å²) < 4.78 is 39.0. The standard InChI is InChI=1S/C18H23F3N6O/c1-10(11-7-8-11)23-16-26-14(25-15(27-16)22-9-17(2,3)28)12-5-4-6-13(24-12)18(19,20)21/h4-6,10-11,28H,7-9H2,1-3H3,(H2,22,23,25,26,27)/t10-/m1/s1. The van der Waals surface area contributed by atoms with Gasteiger partial charge in [-0.05, 0) is 51.7 Å². The van der Waals surface area contributed by atoms with Crippen molar-refractivity contribution >= 4 is 11.9 Å². The molecule has 7 nitrogen and oxygen atoms in total. The Kier molecular flexibility index (Phi) is 5.42. The first-order valence-corrected chi connectivity index (χ1v) is 9.05. The minimum Gasteiger partial charge on any atom is -0.389 e. The van der Waals surface area contributed by atoms with Crippen LogP contribution in [0.5, 0.6) is 0 Å². The Hall–Kier alpha value is -2.49. The fraction of sp³-hybridized carbons (Fsp3) is 0.556. The highest BCUT2D eigenvalue weighted by Crippen LogP contribution is 2.34. The molecular weight excluding hydrogens is 373 g/mol. The van der Waals surface area contributed by atoms with Crippen LogP contribution in [0.2, 0.25) is 0 Å². The molecule has 0 bridgehead atoms. The molecule has 0 unspecified atom stereocenters. The van der Waals surface area contributed by atoms with Crippen molar-refractivity contribution in [3.8, 4) is 11.5 Å². The molecule has 3 N–H and O–H groups in total. The quantitative estimate of drug-likeness (QED) is 0.660. The van der Waals surface area contributed by atoms with Gasteiger partial charge in [-0.1, -0.05) is 6.07 Å². The van der Waals surface area contributed by atoms with E-state index in [-0.39, 0.29) is 36.0 Å². The number of nitrogens with one attached hydrogen (secondary N) is 2. The summed E-state index contributed by atoms with van der Waals surface area (Å²) in [5.74, 6) is 0.947. The zero-order valence-electron chi connectivity index (χ0n) is 15.9. The predicted octanol–water partition coefficient (Wildman–Crippen LogP) is 3.35. The fourth-order valence-corrected chi connectivity index (χ4v) is 2.56. The Morgan fingerprint density at radius 1 is 1.11 bits per heavy atom. The SMILES string of the molecule is C[C@@H](Nc1nc(NCC(C)(C)O)nc(-c2cccc(C(F)(F)F)n2)n1)C1CC1. The van der Waals surface area contributed by atoms with Crippen LogP contribution in [0, 0.1) is 5.92 Å². The van der Waals surface area contributed by atoms with Crippen LogP contribution in [-0.4, -0.2) is 43.2 Å². The molecule has 28 heavy (non-hydrogen) atoms. The highest BCUT2D eigenvalue weighted by molar-refractivity contribution is 5.54. The van der Waals surface area contributed by atoms with Crippen molar-refractivity contribution in [2.24, 2.45) is 5.92 Å². The van der Waals surface area contributed by atoms with Crippen LogP contribution in [0.1, 0.15) is 39.3 Å². The molecule has 0 spiro atoms. The maximum atomic E-state index is 13.0. The molecule has 3 rings (SSSR count). The monoisotopic (exact) mass is 396 g/mol. The number of halogens is 3. The van der Waals surface area contributed by atoms with E-state index in [0.717, 1.165) is 18.9 Å². The van der Waals surface area contributed by atoms with E-state index >= 15 is 0 Å². The van der Waals surface area contributed by atoms with Crippen molar-refractivity contribution in [2.45, 2.75) is 51.4 Å². The molecular formula is C18H23F3N6O. The predicted molar refractivity (Wildman–Crippen MR) is 98.7 cm³/mol. The molecule has 1 saturated carbocycles. The number of hydrogen-bond donors (Lipinski definition) is 3. The van der Waals surface area contributed by atoms with Gasteiger partial charge < -0.3 is 15.7 Å². The average Bonchev–Trinajstić information content (AvgIpc) is 3.44. The molecule has 0 aromatic carbocycles. The summed E-state index contributed by atoms with van der Waals surface area (Å²) >= 11 is 0. The molecule has 2 heterocycles. The first-order chi connectivity index (χ1) is 13.0. The molecule has 1 aliphatic carbocycles. The number of hydrogen-bond acceptors (Lipinski definition) is 7. The fourth-order valence-electron chi connectivity index (χ4n) is 2.56. The van der Waals surface area contributed by atoms with Crippen LogP contribution in [-0.2, 0) is 6.18 Å². The molecule has 1 aliphatic rings. The third kappa shape index (κ3) is 5.51. The smallest absolute Gasteiger partial charge is 0.389 e. The Morgan fingerprint density at radius 2 is 1.79 bits per heavy atom. The molecule has 152 valence electrons. The van der Waals surface area contributed by atoms with Gasteiger partial charge in [0.05, 0.1) is 5.60 Å². The van der Waals surface area contributed by atoms with E-state index in [1.807, 2.05) is 6.92 Å². The third-order valence-electron chi connectivity index (χ3n) is 4.27. The van der Waals surface area contributed by atoms with Crippen molar-refractivity contribution in [1.29, 1.82) is 0 Å². The summed E-state index contributed by atoms with van der Waals surface area (Å²) in [6.07, 6.45) is -2.33. The van der Waals surface area contributed by atoms with Crippen LogP contribution >= 0.6 is 0 Å². The van der Waals surface area contributed by atoms with Crippen LogP contribution in [0.4, 0.5) is 25.1 Å². The summed E-state index contributed by atoms with van der Waals surface area (Å²) in [4.78, 5) is 16.4. The van der Waals surface area contributed by atoms with Crippen molar-refractivity contribution < 1.29 is 18.3 Å². The summed E-state index contributed by atoms with van der Waals surface area (Å²) in [5.41, 5.74) is -2.04. The van der Waals surface area contributed by atoms with E-state index < -0.39 is 17.5 Å². The summed E-state index contributed by atoms with van der Waals surface area (Å²) in [7, 11) is 0. The topological polar surface area (TPSA) is 95.9 Å². The Labute approximate surface area is 160 Å². The van der Waals surface area contributed by atoms with Crippen molar-refractivity contribution in [1.82, 2.24) is 19.9 Å². The minimum absolute atomic E-state index is 0.00865. The van der Waals surface area contributed by atoms with Crippen LogP contribution in [0.15, 0.2) is 18.2 Å². The second-order valence-corrected chi connectivity index (χ2v) is 7.65. The maximum absolute atomic E-state index is 13.0. The third-order valence-corrected chi connectivity index (χ3v) is 4.27. The van der Waals surface area contributed by atoms with E-state index in [0.29, 0.717) is 5.92 Å². The van der Waals surface area contributed by atoms with Crippen molar-refractivity contribution in [2.75, 3.05) is 17.2 Å². The zero-order valence-corrected chi connectivity index (χ0v) is 15.9. The minimum atomic E-state index is -4.56. The Balaban J connectivity index is 1.94. The lowest BCUT2D eigenvalue weighted by Crippen LogP contribution is -2.30. The summed E-state index contributed by atoms with van der Waals surface area (Å²) in [5, 5.41) is 16.0. The second-order valence-electron chi connectivity index (χ2n) is 7.65. The molecule has 0 radical (unpaired) electrons. The summed E-state index contributed by atoms with van der Waals surface area (Å²) in [6, 6.07) is 3.70. The molecule has 10 heteroatoms. The highest BCUT2D eigenvalue weighted by Gasteiger charge is 2.33. The van der Waals surface area contributed by atoms with Gasteiger partial charge in [0.1, 0.15) is 11.4 Å². The second kappa shape index (κ2) is 7.50. The van der Waals surface area contributed by atoms with E-state index in [2.05, 4.69) is 30.6 Å². The maximum Gasteiger partial charge on any atom is 0.433 e. The first-order valence-electron chi connectivity index (χ1n) is 9.05. The van der Waals surface area contributed by atoms with Crippen LogP contribution < -0.4 is 10.6 Å². The molecule has 2 aromatic heterocycles. The van der Waals surface area contributed by atoms with Gasteiger partial charge in [-0.2, -0.15) is 28.1 Å². The summed E-state index contributed by atoms with van der Waals surface area (Å²) in [6.45, 7) is 5.40. The average molecular weight is 396 g/mol. The Bertz CT molecular complexity index is 833. The van der Waals surface area contributed by atoms with Gasteiger partial charge in [-0.25, -0.2) is 4.98 Å². The van der Waals surface area contributed by atoms with Gasteiger partial charge in [0, 0.05) is 12.6 Å². The number of rotatable bonds is 7. The number of anilines is 2. The molecule has 1 atom stereocenters. The lowest BCUT2D eigenvalue weighted by molar-refractivity contribution is -0.141. The van der Waals surface area contributed by atoms with Gasteiger partial charge in [0.25, 0.3) is 0 Å². The molecule has 0 amide bonds. The lowest BCUT2D eigenvalue weighted by atomic mass is 10.1. The van der Waals surface area contributed by atoms with Crippen LogP contribution in [0.3, 0.4) is 0 Å². The van der Waals surface area contributed by atoms with E-state index in [1.54, 1.807) is 13.8 Å². The highest BCUT2D eigenvalue weighted by atomic mass is 19.4. The molecule has 0 saturated heterocycles. The number of aromatic nitrogens is 4. The molecule has 2 aromatic rings. The first kappa shape index (κ1) is 20.2. The molecule has 0 aliphatic heterocycles. The number of nitrogens with zero attached hydrogens (tertiary/aromatic N) is 4. The van der Waals surface area contributed by atoms with Gasteiger partial charge in [-0.15, -0.1) is 0 Å². The van der Waals surface area contributed by atoms with Crippen molar-refractivity contribution in [3.63, 3.8) is 0 Å². The molecule has 1 fully saturated rings.